The van der Waals surface area contributed by atoms with E-state index >= 15 is 0 Å². The number of hydrogen-bond acceptors (Lipinski definition) is 5. The lowest BCUT2D eigenvalue weighted by Crippen LogP contribution is -2.39. The van der Waals surface area contributed by atoms with Crippen LogP contribution in [0.5, 0.6) is 0 Å². The summed E-state index contributed by atoms with van der Waals surface area (Å²) < 4.78 is 2.56. The Hall–Kier alpha value is -2.74. The normalized spacial score (nSPS) is 20.5. The van der Waals surface area contributed by atoms with Crippen molar-refractivity contribution in [1.29, 1.82) is 0 Å². The number of pyridine rings is 1. The molecule has 0 saturated carbocycles. The Labute approximate surface area is 190 Å². The van der Waals surface area contributed by atoms with Crippen molar-refractivity contribution in [3.63, 3.8) is 0 Å². The minimum Gasteiger partial charge on any atom is -0.362 e. The second-order valence-electron chi connectivity index (χ2n) is 9.09. The number of anilines is 1. The van der Waals surface area contributed by atoms with Crippen LogP contribution in [0, 0.1) is 12.3 Å². The van der Waals surface area contributed by atoms with Crippen molar-refractivity contribution < 1.29 is 9.59 Å². The molecular weight excluding hydrogens is 458 g/mol. The van der Waals surface area contributed by atoms with Crippen LogP contribution in [0.2, 0.25) is 0 Å². The van der Waals surface area contributed by atoms with Crippen LogP contribution in [-0.2, 0) is 16.6 Å². The molecule has 0 bridgehead atoms. The van der Waals surface area contributed by atoms with Crippen LogP contribution in [0.25, 0.3) is 0 Å². The highest BCUT2D eigenvalue weighted by atomic mass is 79.9. The largest absolute Gasteiger partial charge is 0.362 e. The fourth-order valence-electron chi connectivity index (χ4n) is 4.58. The third-order valence-electron chi connectivity index (χ3n) is 5.82. The predicted octanol–water partition coefficient (Wildman–Crippen LogP) is 4.13. The van der Waals surface area contributed by atoms with Gasteiger partial charge in [-0.05, 0) is 53.7 Å². The SMILES string of the molecule is CC1=C(C(=O)Nc2ccc(Br)cn2)[C@@H](c2cn(C)nc2C)C2=C(CC(C)(C)CC2=O)N1. The summed E-state index contributed by atoms with van der Waals surface area (Å²) in [4.78, 5) is 31.0. The summed E-state index contributed by atoms with van der Waals surface area (Å²) in [5.41, 5.74) is 4.40. The van der Waals surface area contributed by atoms with Crippen LogP contribution in [0.1, 0.15) is 50.8 Å². The van der Waals surface area contributed by atoms with Gasteiger partial charge >= 0.3 is 0 Å². The average Bonchev–Trinajstić information content (AvgIpc) is 2.99. The molecule has 0 aromatic carbocycles. The summed E-state index contributed by atoms with van der Waals surface area (Å²) in [7, 11) is 1.85. The number of carbonyl (C=O) groups excluding carboxylic acids is 2. The van der Waals surface area contributed by atoms with Gasteiger partial charge in [-0.1, -0.05) is 13.8 Å². The van der Waals surface area contributed by atoms with E-state index in [1.807, 2.05) is 33.2 Å². The van der Waals surface area contributed by atoms with Crippen LogP contribution in [-0.4, -0.2) is 26.5 Å². The number of allylic oxidation sites excluding steroid dienone is 3. The number of rotatable bonds is 3. The molecule has 162 valence electrons. The maximum atomic E-state index is 13.5. The van der Waals surface area contributed by atoms with Crippen molar-refractivity contribution in [3.8, 4) is 0 Å². The number of hydrogen-bond donors (Lipinski definition) is 2. The molecule has 0 radical (unpaired) electrons. The molecule has 0 unspecified atom stereocenters. The maximum Gasteiger partial charge on any atom is 0.255 e. The number of carbonyl (C=O) groups is 2. The van der Waals surface area contributed by atoms with Gasteiger partial charge in [0.15, 0.2) is 5.78 Å². The van der Waals surface area contributed by atoms with Crippen molar-refractivity contribution >= 4 is 33.4 Å². The number of nitrogens with one attached hydrogen (secondary N) is 2. The highest BCUT2D eigenvalue weighted by Gasteiger charge is 2.43. The Morgan fingerprint density at radius 1 is 1.29 bits per heavy atom. The van der Waals surface area contributed by atoms with E-state index in [0.29, 0.717) is 23.4 Å². The fraction of sp³-hybridized carbons (Fsp3) is 0.391. The van der Waals surface area contributed by atoms with Gasteiger partial charge in [0.1, 0.15) is 5.82 Å². The van der Waals surface area contributed by atoms with E-state index in [0.717, 1.165) is 33.5 Å². The van der Waals surface area contributed by atoms with Gasteiger partial charge in [0.2, 0.25) is 0 Å². The number of nitrogens with zero attached hydrogens (tertiary/aromatic N) is 3. The zero-order valence-electron chi connectivity index (χ0n) is 18.3. The average molecular weight is 484 g/mol. The smallest absolute Gasteiger partial charge is 0.255 e. The van der Waals surface area contributed by atoms with Crippen molar-refractivity contribution in [2.24, 2.45) is 12.5 Å². The number of aromatic nitrogens is 3. The second-order valence-corrected chi connectivity index (χ2v) is 10.0. The third kappa shape index (κ3) is 4.08. The molecule has 0 spiro atoms. The Kier molecular flexibility index (Phi) is 5.37. The lowest BCUT2D eigenvalue weighted by molar-refractivity contribution is -0.118. The van der Waals surface area contributed by atoms with Crippen molar-refractivity contribution in [2.45, 2.75) is 46.5 Å². The molecule has 2 aromatic heterocycles. The Morgan fingerprint density at radius 3 is 2.65 bits per heavy atom. The molecule has 2 aromatic rings. The molecule has 3 heterocycles. The molecule has 2 aliphatic rings. The van der Waals surface area contributed by atoms with E-state index in [-0.39, 0.29) is 17.1 Å². The maximum absolute atomic E-state index is 13.5. The number of aryl methyl sites for hydroxylation is 2. The molecular formula is C23H26BrN5O2. The minimum atomic E-state index is -0.469. The lowest BCUT2D eigenvalue weighted by Gasteiger charge is -2.39. The summed E-state index contributed by atoms with van der Waals surface area (Å²) in [6.07, 6.45) is 4.74. The van der Waals surface area contributed by atoms with E-state index in [9.17, 15) is 9.59 Å². The standard InChI is InChI=1S/C23H26BrN5O2/c1-12-15(11-29(5)28-12)20-19(22(31)27-18-7-6-14(24)10-25-18)13(2)26-16-8-23(3,4)9-17(30)21(16)20/h6-7,10-11,20,26H,8-9H2,1-5H3,(H,25,27,31)/t20-/m1/s1. The van der Waals surface area contributed by atoms with Gasteiger partial charge < -0.3 is 10.6 Å². The lowest BCUT2D eigenvalue weighted by atomic mass is 9.68. The first-order valence-electron chi connectivity index (χ1n) is 10.2. The molecule has 7 nitrogen and oxygen atoms in total. The number of Topliss-reactive ketones (excluding diaryl/α,β-unsaturated/α-hetero) is 1. The van der Waals surface area contributed by atoms with E-state index in [2.05, 4.69) is 50.5 Å². The minimum absolute atomic E-state index is 0.0755. The van der Waals surface area contributed by atoms with Crippen molar-refractivity contribution in [1.82, 2.24) is 20.1 Å². The predicted molar refractivity (Wildman–Crippen MR) is 122 cm³/mol. The van der Waals surface area contributed by atoms with Gasteiger partial charge in [-0.3, -0.25) is 14.3 Å². The summed E-state index contributed by atoms with van der Waals surface area (Å²) in [6.45, 7) is 8.00. The molecule has 2 N–H and O–H groups in total. The van der Waals surface area contributed by atoms with E-state index in [1.165, 1.54) is 0 Å². The number of dihydropyridines is 1. The van der Waals surface area contributed by atoms with Gasteiger partial charge in [0.05, 0.1) is 5.69 Å². The van der Waals surface area contributed by atoms with E-state index in [4.69, 9.17) is 0 Å². The molecule has 1 amide bonds. The second kappa shape index (κ2) is 7.75. The molecule has 1 atom stereocenters. The summed E-state index contributed by atoms with van der Waals surface area (Å²) in [5.74, 6) is -0.223. The molecule has 4 rings (SSSR count). The van der Waals surface area contributed by atoms with Gasteiger partial charge in [0, 0.05) is 64.4 Å². The topological polar surface area (TPSA) is 88.9 Å². The van der Waals surface area contributed by atoms with Crippen LogP contribution in [0.4, 0.5) is 5.82 Å². The first-order valence-corrected chi connectivity index (χ1v) is 11.0. The monoisotopic (exact) mass is 483 g/mol. The van der Waals surface area contributed by atoms with Crippen LogP contribution >= 0.6 is 15.9 Å². The summed E-state index contributed by atoms with van der Waals surface area (Å²) in [5, 5.41) is 10.8. The fourth-order valence-corrected chi connectivity index (χ4v) is 4.82. The van der Waals surface area contributed by atoms with Crippen molar-refractivity contribution in [2.75, 3.05) is 5.32 Å². The number of ketones is 1. The third-order valence-corrected chi connectivity index (χ3v) is 6.28. The summed E-state index contributed by atoms with van der Waals surface area (Å²) in [6, 6.07) is 3.55. The van der Waals surface area contributed by atoms with Crippen LogP contribution < -0.4 is 10.6 Å². The quantitative estimate of drug-likeness (QED) is 0.684. The van der Waals surface area contributed by atoms with Crippen molar-refractivity contribution in [3.05, 3.63) is 62.8 Å². The Balaban J connectivity index is 1.81. The molecule has 31 heavy (non-hydrogen) atoms. The Bertz CT molecular complexity index is 1140. The highest BCUT2D eigenvalue weighted by Crippen LogP contribution is 2.47. The molecule has 0 saturated heterocycles. The first kappa shape index (κ1) is 21.5. The van der Waals surface area contributed by atoms with Gasteiger partial charge in [-0.15, -0.1) is 0 Å². The number of halogens is 1. The first-order chi connectivity index (χ1) is 14.6. The summed E-state index contributed by atoms with van der Waals surface area (Å²) >= 11 is 3.35. The molecule has 1 aliphatic heterocycles. The van der Waals surface area contributed by atoms with E-state index < -0.39 is 5.92 Å². The zero-order chi connectivity index (χ0) is 22.5. The van der Waals surface area contributed by atoms with Crippen LogP contribution in [0.3, 0.4) is 0 Å². The Morgan fingerprint density at radius 2 is 2.03 bits per heavy atom. The zero-order valence-corrected chi connectivity index (χ0v) is 19.9. The van der Waals surface area contributed by atoms with Crippen LogP contribution in [0.15, 0.2) is 51.5 Å². The number of amides is 1. The van der Waals surface area contributed by atoms with Gasteiger partial charge in [-0.2, -0.15) is 5.10 Å². The molecule has 1 aliphatic carbocycles. The van der Waals surface area contributed by atoms with E-state index in [1.54, 1.807) is 16.9 Å². The molecule has 0 fully saturated rings. The van der Waals surface area contributed by atoms with Gasteiger partial charge in [-0.25, -0.2) is 4.98 Å². The van der Waals surface area contributed by atoms with Gasteiger partial charge in [0.25, 0.3) is 5.91 Å². The highest BCUT2D eigenvalue weighted by molar-refractivity contribution is 9.10. The molecule has 8 heteroatoms.